The number of methoxy groups -OCH3 is 1. The fraction of sp³-hybridized carbons (Fsp3) is 0.500. The minimum Gasteiger partial charge on any atom is -0.467 e. The topological polar surface area (TPSA) is 90.0 Å². The number of hydrogen-bond acceptors (Lipinski definition) is 6. The standard InChI is InChI=1S/C20H24F3NO6/c1-19(2,3)30-18(28)24(4)14(17(27)29-5)10-12-6-8-13(9-7-12)15(25)11-16(26)20(21,22)23/h6-9,14H,10-11H2,1-5H3. The monoisotopic (exact) mass is 431 g/mol. The number of carbonyl (C=O) groups excluding carboxylic acids is 4. The minimum absolute atomic E-state index is 0.0123. The van der Waals surface area contributed by atoms with E-state index >= 15 is 0 Å². The second-order valence-electron chi connectivity index (χ2n) is 7.55. The molecule has 1 aromatic carbocycles. The molecule has 0 saturated carbocycles. The SMILES string of the molecule is COC(=O)C(Cc1ccc(C(=O)CC(=O)C(F)(F)F)cc1)N(C)C(=O)OC(C)(C)C. The number of halogens is 3. The number of amides is 1. The number of hydrogen-bond donors (Lipinski definition) is 0. The van der Waals surface area contributed by atoms with Gasteiger partial charge in [0, 0.05) is 19.0 Å². The fourth-order valence-corrected chi connectivity index (χ4v) is 2.37. The Morgan fingerprint density at radius 2 is 1.57 bits per heavy atom. The second kappa shape index (κ2) is 9.73. The van der Waals surface area contributed by atoms with Crippen molar-refractivity contribution < 1.29 is 41.8 Å². The Balaban J connectivity index is 2.94. The molecule has 1 unspecified atom stereocenters. The Morgan fingerprint density at radius 1 is 1.03 bits per heavy atom. The zero-order valence-corrected chi connectivity index (χ0v) is 17.3. The maximum Gasteiger partial charge on any atom is 0.450 e. The summed E-state index contributed by atoms with van der Waals surface area (Å²) in [6, 6.07) is 4.32. The van der Waals surface area contributed by atoms with Gasteiger partial charge >= 0.3 is 18.2 Å². The maximum absolute atomic E-state index is 12.3. The Kier molecular flexibility index (Phi) is 8.15. The van der Waals surface area contributed by atoms with Gasteiger partial charge in [-0.15, -0.1) is 0 Å². The number of ether oxygens (including phenoxy) is 2. The minimum atomic E-state index is -5.07. The van der Waals surface area contributed by atoms with Crippen LogP contribution in [0.3, 0.4) is 0 Å². The van der Waals surface area contributed by atoms with Gasteiger partial charge in [0.2, 0.25) is 5.78 Å². The quantitative estimate of drug-likeness (QED) is 0.374. The summed E-state index contributed by atoms with van der Waals surface area (Å²) in [6.45, 7) is 5.02. The van der Waals surface area contributed by atoms with Crippen LogP contribution >= 0.6 is 0 Å². The van der Waals surface area contributed by atoms with Crippen LogP contribution < -0.4 is 0 Å². The van der Waals surface area contributed by atoms with Crippen molar-refractivity contribution in [2.75, 3.05) is 14.2 Å². The largest absolute Gasteiger partial charge is 0.467 e. The molecule has 0 aliphatic heterocycles. The molecule has 0 bridgehead atoms. The Morgan fingerprint density at radius 3 is 2.00 bits per heavy atom. The van der Waals surface area contributed by atoms with Gasteiger partial charge in [0.1, 0.15) is 11.6 Å². The zero-order chi connectivity index (χ0) is 23.3. The Bertz CT molecular complexity index is 796. The van der Waals surface area contributed by atoms with Gasteiger partial charge in [0.15, 0.2) is 5.78 Å². The lowest BCUT2D eigenvalue weighted by Gasteiger charge is -2.29. The first kappa shape index (κ1) is 25.1. The normalized spacial score (nSPS) is 12.7. The van der Waals surface area contributed by atoms with Crippen LogP contribution in [0.1, 0.15) is 43.1 Å². The summed E-state index contributed by atoms with van der Waals surface area (Å²) in [6.07, 6.45) is -7.08. The van der Waals surface area contributed by atoms with E-state index in [9.17, 15) is 32.3 Å². The van der Waals surface area contributed by atoms with Crippen LogP contribution in [0.5, 0.6) is 0 Å². The molecule has 1 aromatic rings. The molecule has 1 atom stereocenters. The molecule has 10 heteroatoms. The smallest absolute Gasteiger partial charge is 0.450 e. The third-order valence-corrected chi connectivity index (χ3v) is 3.96. The van der Waals surface area contributed by atoms with Crippen molar-refractivity contribution in [1.29, 1.82) is 0 Å². The molecule has 1 amide bonds. The van der Waals surface area contributed by atoms with E-state index in [4.69, 9.17) is 9.47 Å². The van der Waals surface area contributed by atoms with Gasteiger partial charge in [-0.3, -0.25) is 14.5 Å². The predicted octanol–water partition coefficient (Wildman–Crippen LogP) is 3.34. The first-order chi connectivity index (χ1) is 13.7. The lowest BCUT2D eigenvalue weighted by molar-refractivity contribution is -0.170. The van der Waals surface area contributed by atoms with Gasteiger partial charge in [-0.05, 0) is 26.3 Å². The first-order valence-electron chi connectivity index (χ1n) is 8.91. The summed E-state index contributed by atoms with van der Waals surface area (Å²) < 4.78 is 46.9. The van der Waals surface area contributed by atoms with E-state index in [1.807, 2.05) is 0 Å². The van der Waals surface area contributed by atoms with E-state index in [1.54, 1.807) is 20.8 Å². The molecule has 1 rings (SSSR count). The van der Waals surface area contributed by atoms with Gasteiger partial charge < -0.3 is 9.47 Å². The van der Waals surface area contributed by atoms with Crippen molar-refractivity contribution in [3.63, 3.8) is 0 Å². The number of nitrogens with zero attached hydrogens (tertiary/aromatic N) is 1. The lowest BCUT2D eigenvalue weighted by Crippen LogP contribution is -2.46. The van der Waals surface area contributed by atoms with Gasteiger partial charge in [0.05, 0.1) is 13.5 Å². The number of Topliss-reactive ketones (excluding diaryl/α,β-unsaturated/α-hetero) is 2. The summed E-state index contributed by atoms with van der Waals surface area (Å²) >= 11 is 0. The number of alkyl halides is 3. The van der Waals surface area contributed by atoms with Gasteiger partial charge in [-0.1, -0.05) is 24.3 Å². The number of likely N-dealkylation sites (N-methyl/N-ethyl adjacent to an activating group) is 1. The van der Waals surface area contributed by atoms with Crippen molar-refractivity contribution >= 4 is 23.6 Å². The molecule has 0 aromatic heterocycles. The van der Waals surface area contributed by atoms with E-state index in [0.29, 0.717) is 5.56 Å². The second-order valence-corrected chi connectivity index (χ2v) is 7.55. The van der Waals surface area contributed by atoms with Crippen LogP contribution in [-0.4, -0.2) is 60.5 Å². The predicted molar refractivity (Wildman–Crippen MR) is 100.0 cm³/mol. The Labute approximate surface area is 172 Å². The van der Waals surface area contributed by atoms with E-state index in [2.05, 4.69) is 0 Å². The van der Waals surface area contributed by atoms with Crippen molar-refractivity contribution in [2.45, 2.75) is 51.4 Å². The molecule has 0 aliphatic rings. The summed E-state index contributed by atoms with van der Waals surface area (Å²) in [5.41, 5.74) is -0.340. The van der Waals surface area contributed by atoms with E-state index in [-0.39, 0.29) is 12.0 Å². The Hall–Kier alpha value is -2.91. The highest BCUT2D eigenvalue weighted by Gasteiger charge is 2.39. The van der Waals surface area contributed by atoms with Crippen LogP contribution in [0.15, 0.2) is 24.3 Å². The molecule has 0 spiro atoms. The van der Waals surface area contributed by atoms with Crippen molar-refractivity contribution in [3.05, 3.63) is 35.4 Å². The summed E-state index contributed by atoms with van der Waals surface area (Å²) in [5, 5.41) is 0. The maximum atomic E-state index is 12.3. The van der Waals surface area contributed by atoms with Crippen LogP contribution in [0, 0.1) is 0 Å². The van der Waals surface area contributed by atoms with E-state index in [0.717, 1.165) is 12.0 Å². The molecular formula is C20H24F3NO6. The summed E-state index contributed by atoms with van der Waals surface area (Å²) in [5.74, 6) is -3.79. The lowest BCUT2D eigenvalue weighted by atomic mass is 10.0. The van der Waals surface area contributed by atoms with Gasteiger partial charge in [-0.2, -0.15) is 13.2 Å². The number of carbonyl (C=O) groups is 4. The number of ketones is 2. The molecule has 166 valence electrons. The highest BCUT2D eigenvalue weighted by molar-refractivity contribution is 6.09. The van der Waals surface area contributed by atoms with E-state index < -0.39 is 47.9 Å². The molecule has 7 nitrogen and oxygen atoms in total. The zero-order valence-electron chi connectivity index (χ0n) is 17.3. The molecule has 0 radical (unpaired) electrons. The fourth-order valence-electron chi connectivity index (χ4n) is 2.37. The van der Waals surface area contributed by atoms with E-state index in [1.165, 1.54) is 31.3 Å². The van der Waals surface area contributed by atoms with Gasteiger partial charge in [0.25, 0.3) is 0 Å². The highest BCUT2D eigenvalue weighted by atomic mass is 19.4. The third-order valence-electron chi connectivity index (χ3n) is 3.96. The van der Waals surface area contributed by atoms with Crippen LogP contribution in [0.2, 0.25) is 0 Å². The van der Waals surface area contributed by atoms with Crippen molar-refractivity contribution in [1.82, 2.24) is 4.90 Å². The number of benzene rings is 1. The molecule has 0 saturated heterocycles. The molecule has 0 aliphatic carbocycles. The molecule has 0 fully saturated rings. The van der Waals surface area contributed by atoms with Crippen molar-refractivity contribution in [2.24, 2.45) is 0 Å². The van der Waals surface area contributed by atoms with Crippen LogP contribution in [0.4, 0.5) is 18.0 Å². The van der Waals surface area contributed by atoms with Crippen LogP contribution in [-0.2, 0) is 25.5 Å². The summed E-state index contributed by atoms with van der Waals surface area (Å²) in [7, 11) is 2.54. The number of rotatable bonds is 7. The number of esters is 1. The first-order valence-corrected chi connectivity index (χ1v) is 8.91. The van der Waals surface area contributed by atoms with Crippen LogP contribution in [0.25, 0.3) is 0 Å². The van der Waals surface area contributed by atoms with Gasteiger partial charge in [-0.25, -0.2) is 9.59 Å². The average Bonchev–Trinajstić information content (AvgIpc) is 2.63. The third kappa shape index (κ3) is 7.49. The van der Waals surface area contributed by atoms with Crippen molar-refractivity contribution in [3.8, 4) is 0 Å². The highest BCUT2D eigenvalue weighted by Crippen LogP contribution is 2.20. The average molecular weight is 431 g/mol. The molecule has 30 heavy (non-hydrogen) atoms. The molecular weight excluding hydrogens is 407 g/mol. The molecule has 0 heterocycles. The molecule has 0 N–H and O–H groups in total. The summed E-state index contributed by atoms with van der Waals surface area (Å²) in [4.78, 5) is 48.3.